The van der Waals surface area contributed by atoms with Crippen molar-refractivity contribution in [2.75, 3.05) is 0 Å². The zero-order chi connectivity index (χ0) is 12.0. The van der Waals surface area contributed by atoms with Crippen LogP contribution in [0.15, 0.2) is 18.2 Å². The van der Waals surface area contributed by atoms with Gasteiger partial charge in [0.15, 0.2) is 0 Å². The first-order valence-electron chi connectivity index (χ1n) is 6.17. The number of phenols is 2. The van der Waals surface area contributed by atoms with E-state index in [2.05, 4.69) is 13.8 Å². The second-order valence-electron chi connectivity index (χ2n) is 4.48. The zero-order valence-electron chi connectivity index (χ0n) is 10.2. The van der Waals surface area contributed by atoms with Gasteiger partial charge in [-0.2, -0.15) is 0 Å². The van der Waals surface area contributed by atoms with E-state index in [1.54, 1.807) is 12.1 Å². The van der Waals surface area contributed by atoms with Crippen LogP contribution in [0.4, 0.5) is 0 Å². The summed E-state index contributed by atoms with van der Waals surface area (Å²) >= 11 is 0. The minimum Gasteiger partial charge on any atom is -0.508 e. The van der Waals surface area contributed by atoms with Gasteiger partial charge < -0.3 is 10.2 Å². The topological polar surface area (TPSA) is 40.5 Å². The molecule has 2 nitrogen and oxygen atoms in total. The number of hydrogen-bond donors (Lipinski definition) is 2. The molecule has 0 amide bonds. The SMILES string of the molecule is CCCCC(CC)Cc1cc(O)cc(O)c1. The number of phenolic OH excluding ortho intramolecular Hbond substituents is 2. The molecule has 0 aliphatic rings. The van der Waals surface area contributed by atoms with Gasteiger partial charge in [0.25, 0.3) is 0 Å². The maximum absolute atomic E-state index is 9.40. The van der Waals surface area contributed by atoms with Gasteiger partial charge in [-0.1, -0.05) is 39.5 Å². The number of aromatic hydroxyl groups is 2. The molecule has 0 saturated heterocycles. The Balaban J connectivity index is 2.62. The van der Waals surface area contributed by atoms with Gasteiger partial charge in [0, 0.05) is 6.07 Å². The Morgan fingerprint density at radius 3 is 2.19 bits per heavy atom. The molecule has 0 aliphatic heterocycles. The molecule has 0 aromatic heterocycles. The van der Waals surface area contributed by atoms with E-state index in [1.807, 2.05) is 0 Å². The fraction of sp³-hybridized carbons (Fsp3) is 0.571. The standard InChI is InChI=1S/C14H22O2/c1-3-5-6-11(4-2)7-12-8-13(15)10-14(16)9-12/h8-11,15-16H,3-7H2,1-2H3. The van der Waals surface area contributed by atoms with Crippen LogP contribution in [-0.4, -0.2) is 10.2 Å². The molecule has 1 unspecified atom stereocenters. The highest BCUT2D eigenvalue weighted by molar-refractivity contribution is 5.36. The average Bonchev–Trinajstić information content (AvgIpc) is 2.22. The van der Waals surface area contributed by atoms with Gasteiger partial charge in [0.05, 0.1) is 0 Å². The van der Waals surface area contributed by atoms with E-state index in [-0.39, 0.29) is 11.5 Å². The summed E-state index contributed by atoms with van der Waals surface area (Å²) in [7, 11) is 0. The van der Waals surface area contributed by atoms with Crippen molar-refractivity contribution in [1.82, 2.24) is 0 Å². The van der Waals surface area contributed by atoms with Crippen molar-refractivity contribution < 1.29 is 10.2 Å². The van der Waals surface area contributed by atoms with Gasteiger partial charge in [-0.3, -0.25) is 0 Å². The normalized spacial score (nSPS) is 12.6. The second kappa shape index (κ2) is 6.41. The highest BCUT2D eigenvalue weighted by atomic mass is 16.3. The van der Waals surface area contributed by atoms with Crippen molar-refractivity contribution >= 4 is 0 Å². The van der Waals surface area contributed by atoms with E-state index in [0.717, 1.165) is 18.4 Å². The van der Waals surface area contributed by atoms with Gasteiger partial charge in [-0.05, 0) is 30.0 Å². The number of rotatable bonds is 6. The number of unbranched alkanes of at least 4 members (excludes halogenated alkanes) is 1. The van der Waals surface area contributed by atoms with Crippen LogP contribution >= 0.6 is 0 Å². The van der Waals surface area contributed by atoms with Gasteiger partial charge in [-0.15, -0.1) is 0 Å². The average molecular weight is 222 g/mol. The summed E-state index contributed by atoms with van der Waals surface area (Å²) in [5.74, 6) is 0.960. The van der Waals surface area contributed by atoms with Crippen molar-refractivity contribution in [3.8, 4) is 11.5 Å². The van der Waals surface area contributed by atoms with E-state index < -0.39 is 0 Å². The molecule has 2 N–H and O–H groups in total. The molecule has 0 bridgehead atoms. The minimum atomic E-state index is 0.153. The molecule has 0 spiro atoms. The third-order valence-electron chi connectivity index (χ3n) is 3.03. The van der Waals surface area contributed by atoms with E-state index in [0.29, 0.717) is 5.92 Å². The number of hydrogen-bond acceptors (Lipinski definition) is 2. The Kier molecular flexibility index (Phi) is 5.17. The Morgan fingerprint density at radius 2 is 1.69 bits per heavy atom. The Hall–Kier alpha value is -1.18. The van der Waals surface area contributed by atoms with E-state index in [1.165, 1.54) is 25.3 Å². The minimum absolute atomic E-state index is 0.153. The zero-order valence-corrected chi connectivity index (χ0v) is 10.2. The predicted octanol–water partition coefficient (Wildman–Crippen LogP) is 3.86. The van der Waals surface area contributed by atoms with Crippen molar-refractivity contribution in [1.29, 1.82) is 0 Å². The second-order valence-corrected chi connectivity index (χ2v) is 4.48. The van der Waals surface area contributed by atoms with Crippen LogP contribution in [0.5, 0.6) is 11.5 Å². The molecule has 1 aromatic carbocycles. The largest absolute Gasteiger partial charge is 0.508 e. The predicted molar refractivity (Wildman–Crippen MR) is 66.8 cm³/mol. The van der Waals surface area contributed by atoms with Gasteiger partial charge in [0.1, 0.15) is 11.5 Å². The van der Waals surface area contributed by atoms with Crippen molar-refractivity contribution in [3.05, 3.63) is 23.8 Å². The van der Waals surface area contributed by atoms with Gasteiger partial charge in [0.2, 0.25) is 0 Å². The summed E-state index contributed by atoms with van der Waals surface area (Å²) in [6.45, 7) is 4.40. The summed E-state index contributed by atoms with van der Waals surface area (Å²) in [5.41, 5.74) is 1.03. The fourth-order valence-electron chi connectivity index (χ4n) is 2.05. The molecular formula is C14H22O2. The third-order valence-corrected chi connectivity index (χ3v) is 3.03. The molecule has 1 atom stereocenters. The first kappa shape index (κ1) is 12.9. The van der Waals surface area contributed by atoms with Gasteiger partial charge >= 0.3 is 0 Å². The molecule has 16 heavy (non-hydrogen) atoms. The fourth-order valence-corrected chi connectivity index (χ4v) is 2.05. The molecule has 0 fully saturated rings. The maximum atomic E-state index is 9.40. The van der Waals surface area contributed by atoms with E-state index in [9.17, 15) is 10.2 Å². The molecule has 0 saturated carbocycles. The summed E-state index contributed by atoms with van der Waals surface area (Å²) in [6.07, 6.45) is 5.80. The van der Waals surface area contributed by atoms with Crippen LogP contribution in [0.3, 0.4) is 0 Å². The first-order chi connectivity index (χ1) is 7.65. The first-order valence-corrected chi connectivity index (χ1v) is 6.17. The lowest BCUT2D eigenvalue weighted by Gasteiger charge is -2.14. The van der Waals surface area contributed by atoms with Crippen LogP contribution in [0.1, 0.15) is 45.1 Å². The number of benzene rings is 1. The molecule has 2 heteroatoms. The van der Waals surface area contributed by atoms with E-state index >= 15 is 0 Å². The van der Waals surface area contributed by atoms with Crippen molar-refractivity contribution in [2.24, 2.45) is 5.92 Å². The van der Waals surface area contributed by atoms with Crippen LogP contribution < -0.4 is 0 Å². The molecule has 0 radical (unpaired) electrons. The quantitative estimate of drug-likeness (QED) is 0.767. The van der Waals surface area contributed by atoms with Crippen molar-refractivity contribution in [2.45, 2.75) is 46.0 Å². The summed E-state index contributed by atoms with van der Waals surface area (Å²) in [6, 6.07) is 4.86. The molecule has 1 rings (SSSR count). The van der Waals surface area contributed by atoms with E-state index in [4.69, 9.17) is 0 Å². The molecular weight excluding hydrogens is 200 g/mol. The summed E-state index contributed by atoms with van der Waals surface area (Å²) in [5, 5.41) is 18.8. The molecule has 1 aromatic rings. The van der Waals surface area contributed by atoms with Crippen LogP contribution in [0, 0.1) is 5.92 Å². The lowest BCUT2D eigenvalue weighted by Crippen LogP contribution is -2.03. The smallest absolute Gasteiger partial charge is 0.119 e. The van der Waals surface area contributed by atoms with Gasteiger partial charge in [-0.25, -0.2) is 0 Å². The third kappa shape index (κ3) is 4.13. The Bertz CT molecular complexity index is 300. The molecule has 0 heterocycles. The molecule has 0 aliphatic carbocycles. The lowest BCUT2D eigenvalue weighted by atomic mass is 9.92. The van der Waals surface area contributed by atoms with Crippen LogP contribution in [0.25, 0.3) is 0 Å². The summed E-state index contributed by atoms with van der Waals surface area (Å²) in [4.78, 5) is 0. The highest BCUT2D eigenvalue weighted by Gasteiger charge is 2.08. The maximum Gasteiger partial charge on any atom is 0.119 e. The monoisotopic (exact) mass is 222 g/mol. The van der Waals surface area contributed by atoms with Crippen LogP contribution in [0.2, 0.25) is 0 Å². The highest BCUT2D eigenvalue weighted by Crippen LogP contribution is 2.25. The van der Waals surface area contributed by atoms with Crippen molar-refractivity contribution in [3.63, 3.8) is 0 Å². The summed E-state index contributed by atoms with van der Waals surface area (Å²) < 4.78 is 0. The lowest BCUT2D eigenvalue weighted by molar-refractivity contribution is 0.435. The Labute approximate surface area is 97.9 Å². The van der Waals surface area contributed by atoms with Crippen LogP contribution in [-0.2, 0) is 6.42 Å². The Morgan fingerprint density at radius 1 is 1.06 bits per heavy atom. The molecule has 90 valence electrons.